The van der Waals surface area contributed by atoms with Crippen LogP contribution in [0.5, 0.6) is 0 Å². The van der Waals surface area contributed by atoms with Crippen LogP contribution in [-0.2, 0) is 5.60 Å². The Bertz CT molecular complexity index is 511. The van der Waals surface area contributed by atoms with E-state index in [-0.39, 0.29) is 10.0 Å². The summed E-state index contributed by atoms with van der Waals surface area (Å²) < 4.78 is 88.8. The fourth-order valence-electron chi connectivity index (χ4n) is 1.74. The molecule has 0 aliphatic rings. The average Bonchev–Trinajstić information content (AvgIpc) is 2.25. The lowest BCUT2D eigenvalue weighted by Crippen LogP contribution is -2.54. The molecule has 1 N–H and O–H groups in total. The molecule has 0 saturated heterocycles. The molecule has 0 aromatic heterocycles. The van der Waals surface area contributed by atoms with Crippen LogP contribution in [0.2, 0.25) is 0 Å². The van der Waals surface area contributed by atoms with Gasteiger partial charge in [-0.1, -0.05) is 34.1 Å². The SMILES string of the molecule is CC(O)(CC(F)(F)C(F)(F)C(F)(F)F)c1ccccc1Br. The maximum atomic E-state index is 13.4. The lowest BCUT2D eigenvalue weighted by atomic mass is 9.87. The first-order valence-corrected chi connectivity index (χ1v) is 6.31. The summed E-state index contributed by atoms with van der Waals surface area (Å²) in [6, 6.07) is 5.27. The Morgan fingerprint density at radius 1 is 1.00 bits per heavy atom. The molecule has 0 aliphatic heterocycles. The van der Waals surface area contributed by atoms with Crippen molar-refractivity contribution in [3.05, 3.63) is 34.3 Å². The predicted octanol–water partition coefficient (Wildman–Crippen LogP) is 4.88. The van der Waals surface area contributed by atoms with Crippen molar-refractivity contribution < 1.29 is 35.8 Å². The molecule has 0 radical (unpaired) electrons. The van der Waals surface area contributed by atoms with Gasteiger partial charge < -0.3 is 5.11 Å². The molecule has 9 heteroatoms. The zero-order valence-corrected chi connectivity index (χ0v) is 12.1. The molecule has 0 saturated carbocycles. The molecule has 1 rings (SSSR count). The van der Waals surface area contributed by atoms with Crippen LogP contribution < -0.4 is 0 Å². The molecule has 1 nitrogen and oxygen atoms in total. The summed E-state index contributed by atoms with van der Waals surface area (Å²) in [5, 5.41) is 9.92. The first-order valence-electron chi connectivity index (χ1n) is 5.52. The molecule has 0 spiro atoms. The van der Waals surface area contributed by atoms with Gasteiger partial charge in [0, 0.05) is 4.47 Å². The van der Waals surface area contributed by atoms with E-state index in [1.165, 1.54) is 18.2 Å². The normalized spacial score (nSPS) is 16.7. The van der Waals surface area contributed by atoms with Crippen molar-refractivity contribution >= 4 is 15.9 Å². The smallest absolute Gasteiger partial charge is 0.385 e. The summed E-state index contributed by atoms with van der Waals surface area (Å²) in [5.41, 5.74) is -2.80. The van der Waals surface area contributed by atoms with Crippen LogP contribution in [0.4, 0.5) is 30.7 Å². The number of hydrogen-bond acceptors (Lipinski definition) is 1. The minimum Gasteiger partial charge on any atom is -0.385 e. The zero-order chi connectivity index (χ0) is 16.7. The van der Waals surface area contributed by atoms with E-state index in [1.807, 2.05) is 0 Å². The molecule has 21 heavy (non-hydrogen) atoms. The van der Waals surface area contributed by atoms with E-state index < -0.39 is 30.0 Å². The van der Waals surface area contributed by atoms with E-state index in [0.29, 0.717) is 0 Å². The number of rotatable bonds is 4. The largest absolute Gasteiger partial charge is 0.459 e. The average molecular weight is 383 g/mol. The third kappa shape index (κ3) is 3.50. The van der Waals surface area contributed by atoms with Gasteiger partial charge in [-0.2, -0.15) is 30.7 Å². The predicted molar refractivity (Wildman–Crippen MR) is 64.3 cm³/mol. The Morgan fingerprint density at radius 3 is 1.90 bits per heavy atom. The highest BCUT2D eigenvalue weighted by Crippen LogP contribution is 2.51. The monoisotopic (exact) mass is 382 g/mol. The molecule has 1 unspecified atom stereocenters. The van der Waals surface area contributed by atoms with Crippen LogP contribution in [0.15, 0.2) is 28.7 Å². The van der Waals surface area contributed by atoms with Gasteiger partial charge in [0.05, 0.1) is 12.0 Å². The molecule has 0 fully saturated rings. The number of hydrogen-bond donors (Lipinski definition) is 1. The van der Waals surface area contributed by atoms with Gasteiger partial charge in [0.15, 0.2) is 0 Å². The molecule has 0 heterocycles. The third-order valence-corrected chi connectivity index (χ3v) is 3.53. The second-order valence-corrected chi connectivity index (χ2v) is 5.56. The Morgan fingerprint density at radius 2 is 1.48 bits per heavy atom. The van der Waals surface area contributed by atoms with Crippen molar-refractivity contribution in [3.63, 3.8) is 0 Å². The standard InChI is InChI=1S/C12H10BrF7O/c1-9(21,7-4-2-3-5-8(7)13)6-10(14,15)11(16,17)12(18,19)20/h2-5,21H,6H2,1H3. The van der Waals surface area contributed by atoms with Crippen molar-refractivity contribution in [1.29, 1.82) is 0 Å². The first kappa shape index (κ1) is 18.2. The molecule has 0 bridgehead atoms. The van der Waals surface area contributed by atoms with Crippen molar-refractivity contribution in [1.82, 2.24) is 0 Å². The maximum absolute atomic E-state index is 13.4. The van der Waals surface area contributed by atoms with Crippen molar-refractivity contribution in [2.75, 3.05) is 0 Å². The summed E-state index contributed by atoms with van der Waals surface area (Å²) in [4.78, 5) is 0. The number of halogens is 8. The minimum absolute atomic E-state index is 0.112. The number of alkyl halides is 7. The van der Waals surface area contributed by atoms with Crippen LogP contribution in [-0.4, -0.2) is 23.1 Å². The van der Waals surface area contributed by atoms with Gasteiger partial charge >= 0.3 is 18.0 Å². The van der Waals surface area contributed by atoms with Crippen LogP contribution in [0.3, 0.4) is 0 Å². The highest BCUT2D eigenvalue weighted by molar-refractivity contribution is 9.10. The fourth-order valence-corrected chi connectivity index (χ4v) is 2.46. The molecular formula is C12H10BrF7O. The lowest BCUT2D eigenvalue weighted by Gasteiger charge is -2.34. The molecule has 120 valence electrons. The number of benzene rings is 1. The van der Waals surface area contributed by atoms with Gasteiger partial charge in [-0.05, 0) is 18.6 Å². The minimum atomic E-state index is -6.42. The zero-order valence-electron chi connectivity index (χ0n) is 10.5. The van der Waals surface area contributed by atoms with Crippen LogP contribution in [0.1, 0.15) is 18.9 Å². The molecule has 1 aromatic rings. The van der Waals surface area contributed by atoms with Gasteiger partial charge in [0.1, 0.15) is 0 Å². The second-order valence-electron chi connectivity index (χ2n) is 4.71. The van der Waals surface area contributed by atoms with Gasteiger partial charge in [0.25, 0.3) is 0 Å². The molecule has 0 amide bonds. The fraction of sp³-hybridized carbons (Fsp3) is 0.500. The van der Waals surface area contributed by atoms with Gasteiger partial charge in [-0.25, -0.2) is 0 Å². The summed E-state index contributed by atoms with van der Waals surface area (Å²) in [7, 11) is 0. The Hall–Kier alpha value is -0.830. The molecular weight excluding hydrogens is 373 g/mol. The highest BCUT2D eigenvalue weighted by atomic mass is 79.9. The highest BCUT2D eigenvalue weighted by Gasteiger charge is 2.73. The second kappa shape index (κ2) is 5.42. The van der Waals surface area contributed by atoms with Gasteiger partial charge in [-0.3, -0.25) is 0 Å². The van der Waals surface area contributed by atoms with E-state index >= 15 is 0 Å². The van der Waals surface area contributed by atoms with Crippen LogP contribution in [0, 0.1) is 0 Å². The van der Waals surface area contributed by atoms with Gasteiger partial charge in [0.2, 0.25) is 0 Å². The Kier molecular flexibility index (Phi) is 4.70. The van der Waals surface area contributed by atoms with Crippen molar-refractivity contribution in [2.45, 2.75) is 37.0 Å². The third-order valence-electron chi connectivity index (χ3n) is 2.84. The summed E-state index contributed by atoms with van der Waals surface area (Å²) >= 11 is 2.91. The van der Waals surface area contributed by atoms with Gasteiger partial charge in [-0.15, -0.1) is 0 Å². The topological polar surface area (TPSA) is 20.2 Å². The molecule has 0 aliphatic carbocycles. The van der Waals surface area contributed by atoms with Crippen LogP contribution >= 0.6 is 15.9 Å². The Labute approximate surface area is 123 Å². The van der Waals surface area contributed by atoms with Crippen molar-refractivity contribution in [3.8, 4) is 0 Å². The molecule has 1 aromatic carbocycles. The summed E-state index contributed by atoms with van der Waals surface area (Å²) in [6.45, 7) is 0.744. The van der Waals surface area contributed by atoms with E-state index in [9.17, 15) is 35.8 Å². The van der Waals surface area contributed by atoms with E-state index in [0.717, 1.165) is 13.0 Å². The molecule has 1 atom stereocenters. The summed E-state index contributed by atoms with van der Waals surface area (Å²) in [6.07, 6.45) is -8.50. The Balaban J connectivity index is 3.17. The summed E-state index contributed by atoms with van der Waals surface area (Å²) in [5.74, 6) is -11.7. The quantitative estimate of drug-likeness (QED) is 0.735. The lowest BCUT2D eigenvalue weighted by molar-refractivity contribution is -0.361. The van der Waals surface area contributed by atoms with E-state index in [4.69, 9.17) is 0 Å². The van der Waals surface area contributed by atoms with Crippen LogP contribution in [0.25, 0.3) is 0 Å². The first-order chi connectivity index (χ1) is 9.22. The number of aliphatic hydroxyl groups is 1. The maximum Gasteiger partial charge on any atom is 0.459 e. The van der Waals surface area contributed by atoms with E-state index in [2.05, 4.69) is 15.9 Å². The van der Waals surface area contributed by atoms with E-state index in [1.54, 1.807) is 0 Å². The van der Waals surface area contributed by atoms with Crippen molar-refractivity contribution in [2.24, 2.45) is 0 Å².